The van der Waals surface area contributed by atoms with Gasteiger partial charge < -0.3 is 5.32 Å². The van der Waals surface area contributed by atoms with Crippen LogP contribution in [0, 0.1) is 25.6 Å². The molecule has 2 atom stereocenters. The molecule has 3 rings (SSSR count). The maximum absolute atomic E-state index is 13.1. The van der Waals surface area contributed by atoms with Gasteiger partial charge >= 0.3 is 6.18 Å². The fraction of sp³-hybridized carbons (Fsp3) is 0.500. The van der Waals surface area contributed by atoms with Crippen LogP contribution in [0.25, 0.3) is 5.69 Å². The molecule has 1 aromatic carbocycles. The number of amides is 1. The van der Waals surface area contributed by atoms with Gasteiger partial charge in [0.2, 0.25) is 5.91 Å². The van der Waals surface area contributed by atoms with E-state index in [1.807, 2.05) is 6.92 Å². The van der Waals surface area contributed by atoms with Crippen LogP contribution < -0.4 is 5.32 Å². The number of nitrogens with one attached hydrogen (secondary N) is 1. The number of carbonyl (C=O) groups is 1. The van der Waals surface area contributed by atoms with Crippen LogP contribution in [0.5, 0.6) is 0 Å². The minimum Gasteiger partial charge on any atom is -0.353 e. The van der Waals surface area contributed by atoms with Crippen molar-refractivity contribution < 1.29 is 22.4 Å². The smallest absolute Gasteiger partial charge is 0.353 e. The number of carbonyl (C=O) groups excluding carboxylic acids is 1. The monoisotopic (exact) mass is 397 g/mol. The Balaban J connectivity index is 1.68. The standard InChI is InChI=1S/C20H23F4N3O/c1-12-18(13(2)27(26-12)17-8-6-15(21)7-9-17)11-19(28)25-16-5-3-4-14(10-16)20(22,23)24/h6-9,14,16H,3-5,10-11H2,1-2H3,(H,25,28). The van der Waals surface area contributed by atoms with Gasteiger partial charge in [-0.3, -0.25) is 4.79 Å². The number of halogens is 4. The van der Waals surface area contributed by atoms with Crippen molar-refractivity contribution in [2.24, 2.45) is 5.92 Å². The number of hydrogen-bond acceptors (Lipinski definition) is 2. The van der Waals surface area contributed by atoms with E-state index in [1.165, 1.54) is 12.1 Å². The number of benzene rings is 1. The third-order valence-electron chi connectivity index (χ3n) is 5.35. The van der Waals surface area contributed by atoms with Crippen molar-refractivity contribution in [3.8, 4) is 5.69 Å². The maximum Gasteiger partial charge on any atom is 0.391 e. The highest BCUT2D eigenvalue weighted by molar-refractivity contribution is 5.79. The van der Waals surface area contributed by atoms with Gasteiger partial charge in [0.05, 0.1) is 23.7 Å². The van der Waals surface area contributed by atoms with Crippen LogP contribution in [0.4, 0.5) is 17.6 Å². The summed E-state index contributed by atoms with van der Waals surface area (Å²) in [6.45, 7) is 3.59. The van der Waals surface area contributed by atoms with Gasteiger partial charge in [-0.25, -0.2) is 9.07 Å². The number of rotatable bonds is 4. The highest BCUT2D eigenvalue weighted by Crippen LogP contribution is 2.37. The average Bonchev–Trinajstić information content (AvgIpc) is 2.90. The first kappa shape index (κ1) is 20.4. The predicted octanol–water partition coefficient (Wildman–Crippen LogP) is 4.41. The zero-order valence-electron chi connectivity index (χ0n) is 15.8. The Morgan fingerprint density at radius 2 is 1.89 bits per heavy atom. The molecule has 1 saturated carbocycles. The van der Waals surface area contributed by atoms with Crippen LogP contribution in [-0.4, -0.2) is 27.9 Å². The third kappa shape index (κ3) is 4.54. The Kier molecular flexibility index (Phi) is 5.76. The average molecular weight is 397 g/mol. The van der Waals surface area contributed by atoms with Gasteiger partial charge in [0.15, 0.2) is 0 Å². The van der Waals surface area contributed by atoms with Crippen LogP contribution in [0.15, 0.2) is 24.3 Å². The lowest BCUT2D eigenvalue weighted by Crippen LogP contribution is -2.42. The molecule has 1 aliphatic carbocycles. The SMILES string of the molecule is Cc1nn(-c2ccc(F)cc2)c(C)c1CC(=O)NC1CCCC(C(F)(F)F)C1. The van der Waals surface area contributed by atoms with E-state index in [4.69, 9.17) is 0 Å². The largest absolute Gasteiger partial charge is 0.391 e. The molecule has 1 fully saturated rings. The van der Waals surface area contributed by atoms with Gasteiger partial charge in [0.1, 0.15) is 5.82 Å². The summed E-state index contributed by atoms with van der Waals surface area (Å²) in [4.78, 5) is 12.5. The van der Waals surface area contributed by atoms with Crippen molar-refractivity contribution in [3.63, 3.8) is 0 Å². The Labute approximate surface area is 160 Å². The van der Waals surface area contributed by atoms with Crippen molar-refractivity contribution in [3.05, 3.63) is 47.0 Å². The maximum atomic E-state index is 13.1. The number of alkyl halides is 3. The van der Waals surface area contributed by atoms with Gasteiger partial charge in [0.25, 0.3) is 0 Å². The molecular formula is C20H23F4N3O. The van der Waals surface area contributed by atoms with Crippen molar-refractivity contribution >= 4 is 5.91 Å². The molecule has 1 N–H and O–H groups in total. The summed E-state index contributed by atoms with van der Waals surface area (Å²) in [6, 6.07) is 5.40. The molecule has 1 amide bonds. The highest BCUT2D eigenvalue weighted by Gasteiger charge is 2.42. The molecular weight excluding hydrogens is 374 g/mol. The van der Waals surface area contributed by atoms with E-state index in [1.54, 1.807) is 23.7 Å². The van der Waals surface area contributed by atoms with Crippen LogP contribution in [-0.2, 0) is 11.2 Å². The number of nitrogens with zero attached hydrogens (tertiary/aromatic N) is 2. The normalized spacial score (nSPS) is 20.2. The zero-order valence-corrected chi connectivity index (χ0v) is 15.8. The lowest BCUT2D eigenvalue weighted by molar-refractivity contribution is -0.184. The minimum absolute atomic E-state index is 0.0477. The highest BCUT2D eigenvalue weighted by atomic mass is 19.4. The second kappa shape index (κ2) is 7.93. The van der Waals surface area contributed by atoms with Crippen molar-refractivity contribution in [2.45, 2.75) is 58.2 Å². The van der Waals surface area contributed by atoms with E-state index in [0.717, 1.165) is 11.3 Å². The zero-order chi connectivity index (χ0) is 20.5. The topological polar surface area (TPSA) is 46.9 Å². The van der Waals surface area contributed by atoms with E-state index < -0.39 is 18.1 Å². The molecule has 28 heavy (non-hydrogen) atoms. The molecule has 0 radical (unpaired) electrons. The van der Waals surface area contributed by atoms with Gasteiger partial charge in [-0.1, -0.05) is 6.42 Å². The molecule has 0 bridgehead atoms. The van der Waals surface area contributed by atoms with E-state index in [-0.39, 0.29) is 31.0 Å². The molecule has 152 valence electrons. The van der Waals surface area contributed by atoms with Crippen molar-refractivity contribution in [2.75, 3.05) is 0 Å². The fourth-order valence-electron chi connectivity index (χ4n) is 3.82. The van der Waals surface area contributed by atoms with Gasteiger partial charge in [-0.2, -0.15) is 18.3 Å². The second-order valence-corrected chi connectivity index (χ2v) is 7.38. The fourth-order valence-corrected chi connectivity index (χ4v) is 3.82. The first-order valence-corrected chi connectivity index (χ1v) is 9.32. The minimum atomic E-state index is -4.22. The molecule has 0 saturated heterocycles. The molecule has 0 aliphatic heterocycles. The van der Waals surface area contributed by atoms with Gasteiger partial charge in [-0.15, -0.1) is 0 Å². The van der Waals surface area contributed by atoms with Crippen LogP contribution in [0.1, 0.15) is 42.6 Å². The summed E-state index contributed by atoms with van der Waals surface area (Å²) in [5.41, 5.74) is 2.81. The quantitative estimate of drug-likeness (QED) is 0.777. The molecule has 1 aromatic heterocycles. The van der Waals surface area contributed by atoms with Crippen LogP contribution in [0.3, 0.4) is 0 Å². The summed E-state index contributed by atoms with van der Waals surface area (Å²) < 4.78 is 53.6. The Bertz CT molecular complexity index is 842. The summed E-state index contributed by atoms with van der Waals surface area (Å²) >= 11 is 0. The first-order valence-electron chi connectivity index (χ1n) is 9.32. The van der Waals surface area contributed by atoms with Crippen molar-refractivity contribution in [1.29, 1.82) is 0 Å². The Hall–Kier alpha value is -2.38. The summed E-state index contributed by atoms with van der Waals surface area (Å²) in [5.74, 6) is -2.01. The molecule has 1 aliphatic rings. The first-order chi connectivity index (χ1) is 13.1. The Morgan fingerprint density at radius 1 is 1.21 bits per heavy atom. The molecule has 2 unspecified atom stereocenters. The molecule has 1 heterocycles. The van der Waals surface area contributed by atoms with Crippen LogP contribution in [0.2, 0.25) is 0 Å². The Morgan fingerprint density at radius 3 is 2.54 bits per heavy atom. The van der Waals surface area contributed by atoms with E-state index in [2.05, 4.69) is 10.4 Å². The molecule has 4 nitrogen and oxygen atoms in total. The summed E-state index contributed by atoms with van der Waals surface area (Å²) in [6.07, 6.45) is -3.10. The van der Waals surface area contributed by atoms with Crippen molar-refractivity contribution in [1.82, 2.24) is 15.1 Å². The number of hydrogen-bond donors (Lipinski definition) is 1. The van der Waals surface area contributed by atoms with Crippen LogP contribution >= 0.6 is 0 Å². The lowest BCUT2D eigenvalue weighted by atomic mass is 9.85. The number of aryl methyl sites for hydroxylation is 1. The summed E-state index contributed by atoms with van der Waals surface area (Å²) in [5, 5.41) is 7.17. The second-order valence-electron chi connectivity index (χ2n) is 7.38. The molecule has 0 spiro atoms. The lowest BCUT2D eigenvalue weighted by Gasteiger charge is -2.31. The third-order valence-corrected chi connectivity index (χ3v) is 5.35. The van der Waals surface area contributed by atoms with Gasteiger partial charge in [-0.05, 0) is 57.4 Å². The van der Waals surface area contributed by atoms with E-state index in [0.29, 0.717) is 24.2 Å². The van der Waals surface area contributed by atoms with E-state index in [9.17, 15) is 22.4 Å². The molecule has 2 aromatic rings. The van der Waals surface area contributed by atoms with E-state index >= 15 is 0 Å². The van der Waals surface area contributed by atoms with Gasteiger partial charge in [0, 0.05) is 17.3 Å². The molecule has 8 heteroatoms. The predicted molar refractivity (Wildman–Crippen MR) is 96.6 cm³/mol. The number of aromatic nitrogens is 2. The summed E-state index contributed by atoms with van der Waals surface area (Å²) in [7, 11) is 0.